The van der Waals surface area contributed by atoms with Crippen LogP contribution in [0.15, 0.2) is 18.2 Å². The number of aliphatic hydroxyl groups excluding tert-OH is 2. The van der Waals surface area contributed by atoms with Crippen molar-refractivity contribution >= 4 is 5.97 Å². The molecule has 1 rings (SSSR count). The maximum atomic E-state index is 10.9. The molecule has 0 aliphatic heterocycles. The number of rotatable bonds is 6. The van der Waals surface area contributed by atoms with E-state index < -0.39 is 18.2 Å². The fourth-order valence-electron chi connectivity index (χ4n) is 1.65. The highest BCUT2D eigenvalue weighted by Crippen LogP contribution is 2.31. The molecule has 0 bridgehead atoms. The molecule has 2 atom stereocenters. The van der Waals surface area contributed by atoms with Crippen molar-refractivity contribution in [3.63, 3.8) is 0 Å². The van der Waals surface area contributed by atoms with Gasteiger partial charge < -0.3 is 25.0 Å². The summed E-state index contributed by atoms with van der Waals surface area (Å²) in [5.74, 6) is 0.138. The predicted molar refractivity (Wildman–Crippen MR) is 69.2 cm³/mol. The second kappa shape index (κ2) is 7.08. The quantitative estimate of drug-likeness (QED) is 0.506. The summed E-state index contributed by atoms with van der Waals surface area (Å²) in [4.78, 5) is 10.9. The van der Waals surface area contributed by atoms with Crippen LogP contribution in [-0.4, -0.2) is 43.0 Å². The standard InChI is InChI=1S/C13H19NO5/c1-8(15)19-11-5-4-9(6-12(11)18-3)13(17)10(16)7-14-2/h4-6,10,13-14,16-17H,7H2,1-3H3. The highest BCUT2D eigenvalue weighted by Gasteiger charge is 2.19. The molecular formula is C13H19NO5. The fraction of sp³-hybridized carbons (Fsp3) is 0.462. The lowest BCUT2D eigenvalue weighted by Crippen LogP contribution is -2.29. The van der Waals surface area contributed by atoms with Crippen LogP contribution in [0.25, 0.3) is 0 Å². The Labute approximate surface area is 112 Å². The Morgan fingerprint density at radius 1 is 1.37 bits per heavy atom. The third-order valence-corrected chi connectivity index (χ3v) is 2.56. The first-order chi connectivity index (χ1) is 8.99. The Morgan fingerprint density at radius 2 is 2.05 bits per heavy atom. The minimum atomic E-state index is -1.05. The van der Waals surface area contributed by atoms with Gasteiger partial charge in [-0.15, -0.1) is 0 Å². The van der Waals surface area contributed by atoms with Crippen molar-refractivity contribution in [3.05, 3.63) is 23.8 Å². The molecule has 0 radical (unpaired) electrons. The van der Waals surface area contributed by atoms with Gasteiger partial charge in [0, 0.05) is 13.5 Å². The first-order valence-electron chi connectivity index (χ1n) is 5.86. The average Bonchev–Trinajstić information content (AvgIpc) is 2.38. The Bertz CT molecular complexity index is 435. The lowest BCUT2D eigenvalue weighted by molar-refractivity contribution is -0.132. The van der Waals surface area contributed by atoms with Gasteiger partial charge in [-0.1, -0.05) is 6.07 Å². The first kappa shape index (κ1) is 15.4. The number of hydrogen-bond acceptors (Lipinski definition) is 6. The second-order valence-electron chi connectivity index (χ2n) is 4.07. The fourth-order valence-corrected chi connectivity index (χ4v) is 1.65. The number of hydrogen-bond donors (Lipinski definition) is 3. The van der Waals surface area contributed by atoms with Gasteiger partial charge in [-0.2, -0.15) is 0 Å². The number of aliphatic hydroxyl groups is 2. The van der Waals surface area contributed by atoms with Gasteiger partial charge in [0.15, 0.2) is 11.5 Å². The van der Waals surface area contributed by atoms with Crippen LogP contribution >= 0.6 is 0 Å². The molecule has 6 heteroatoms. The van der Waals surface area contributed by atoms with Gasteiger partial charge in [0.1, 0.15) is 6.10 Å². The normalized spacial score (nSPS) is 13.7. The number of carbonyl (C=O) groups excluding carboxylic acids is 1. The van der Waals surface area contributed by atoms with Crippen LogP contribution < -0.4 is 14.8 Å². The molecule has 0 spiro atoms. The van der Waals surface area contributed by atoms with Crippen LogP contribution in [0, 0.1) is 0 Å². The Morgan fingerprint density at radius 3 is 2.58 bits per heavy atom. The van der Waals surface area contributed by atoms with Crippen molar-refractivity contribution in [1.29, 1.82) is 0 Å². The van der Waals surface area contributed by atoms with Gasteiger partial charge in [-0.3, -0.25) is 4.79 Å². The summed E-state index contributed by atoms with van der Waals surface area (Å²) >= 11 is 0. The number of esters is 1. The molecule has 6 nitrogen and oxygen atoms in total. The van der Waals surface area contributed by atoms with E-state index in [0.717, 1.165) is 0 Å². The molecule has 1 aromatic rings. The monoisotopic (exact) mass is 269 g/mol. The smallest absolute Gasteiger partial charge is 0.308 e. The Hall–Kier alpha value is -1.63. The molecule has 0 aromatic heterocycles. The summed E-state index contributed by atoms with van der Waals surface area (Å²) in [5.41, 5.74) is 0.482. The van der Waals surface area contributed by atoms with Crippen molar-refractivity contribution in [1.82, 2.24) is 5.32 Å². The maximum absolute atomic E-state index is 10.9. The van der Waals surface area contributed by atoms with Gasteiger partial charge in [-0.25, -0.2) is 0 Å². The van der Waals surface area contributed by atoms with E-state index in [1.54, 1.807) is 13.1 Å². The molecule has 2 unspecified atom stereocenters. The van der Waals surface area contributed by atoms with Gasteiger partial charge in [0.05, 0.1) is 13.2 Å². The van der Waals surface area contributed by atoms with Crippen LogP contribution in [-0.2, 0) is 4.79 Å². The minimum Gasteiger partial charge on any atom is -0.493 e. The Kier molecular flexibility index (Phi) is 5.75. The van der Waals surface area contributed by atoms with Crippen LogP contribution in [0.3, 0.4) is 0 Å². The SMILES string of the molecule is CNCC(O)C(O)c1ccc(OC(C)=O)c(OC)c1. The summed E-state index contributed by atoms with van der Waals surface area (Å²) in [6.45, 7) is 1.55. The van der Waals surface area contributed by atoms with Gasteiger partial charge in [0.25, 0.3) is 0 Å². The summed E-state index contributed by atoms with van der Waals surface area (Å²) in [6, 6.07) is 4.62. The van der Waals surface area contributed by atoms with Crippen LogP contribution in [0.4, 0.5) is 0 Å². The topological polar surface area (TPSA) is 88.0 Å². The average molecular weight is 269 g/mol. The largest absolute Gasteiger partial charge is 0.493 e. The zero-order chi connectivity index (χ0) is 14.4. The zero-order valence-corrected chi connectivity index (χ0v) is 11.2. The molecule has 0 amide bonds. The number of carbonyl (C=O) groups is 1. The predicted octanol–water partition coefficient (Wildman–Crippen LogP) is 0.234. The van der Waals surface area contributed by atoms with E-state index >= 15 is 0 Å². The zero-order valence-electron chi connectivity index (χ0n) is 11.2. The number of methoxy groups -OCH3 is 1. The second-order valence-corrected chi connectivity index (χ2v) is 4.07. The summed E-state index contributed by atoms with van der Waals surface area (Å²) in [7, 11) is 3.11. The van der Waals surface area contributed by atoms with E-state index in [0.29, 0.717) is 11.3 Å². The molecule has 0 saturated heterocycles. The number of nitrogens with one attached hydrogen (secondary N) is 1. The van der Waals surface area contributed by atoms with Crippen molar-refractivity contribution in [3.8, 4) is 11.5 Å². The van der Waals surface area contributed by atoms with E-state index in [9.17, 15) is 15.0 Å². The third-order valence-electron chi connectivity index (χ3n) is 2.56. The molecule has 3 N–H and O–H groups in total. The van der Waals surface area contributed by atoms with Gasteiger partial charge >= 0.3 is 5.97 Å². The molecule has 19 heavy (non-hydrogen) atoms. The molecule has 0 heterocycles. The molecular weight excluding hydrogens is 250 g/mol. The number of ether oxygens (including phenoxy) is 2. The molecule has 0 saturated carbocycles. The van der Waals surface area contributed by atoms with Gasteiger partial charge in [0.2, 0.25) is 0 Å². The highest BCUT2D eigenvalue weighted by molar-refractivity contribution is 5.70. The lowest BCUT2D eigenvalue weighted by atomic mass is 10.0. The maximum Gasteiger partial charge on any atom is 0.308 e. The molecule has 1 aromatic carbocycles. The van der Waals surface area contributed by atoms with Crippen molar-refractivity contribution < 1.29 is 24.5 Å². The Balaban J connectivity index is 2.95. The molecule has 0 aliphatic carbocycles. The van der Waals surface area contributed by atoms with E-state index in [-0.39, 0.29) is 12.3 Å². The highest BCUT2D eigenvalue weighted by atomic mass is 16.6. The van der Waals surface area contributed by atoms with Gasteiger partial charge in [-0.05, 0) is 24.7 Å². The number of likely N-dealkylation sites (N-methyl/N-ethyl adjacent to an activating group) is 1. The van der Waals surface area contributed by atoms with E-state index in [1.165, 1.54) is 26.2 Å². The lowest BCUT2D eigenvalue weighted by Gasteiger charge is -2.19. The summed E-state index contributed by atoms with van der Waals surface area (Å²) in [5, 5.41) is 22.4. The van der Waals surface area contributed by atoms with E-state index in [2.05, 4.69) is 5.32 Å². The number of benzene rings is 1. The van der Waals surface area contributed by atoms with E-state index in [4.69, 9.17) is 9.47 Å². The minimum absolute atomic E-state index is 0.259. The first-order valence-corrected chi connectivity index (χ1v) is 5.86. The molecule has 0 aliphatic rings. The van der Waals surface area contributed by atoms with Crippen LogP contribution in [0.1, 0.15) is 18.6 Å². The van der Waals surface area contributed by atoms with E-state index in [1.807, 2.05) is 0 Å². The molecule has 106 valence electrons. The van der Waals surface area contributed by atoms with Crippen molar-refractivity contribution in [2.24, 2.45) is 0 Å². The third kappa shape index (κ3) is 4.20. The molecule has 0 fully saturated rings. The van der Waals surface area contributed by atoms with Crippen LogP contribution in [0.2, 0.25) is 0 Å². The van der Waals surface area contributed by atoms with Crippen LogP contribution in [0.5, 0.6) is 11.5 Å². The summed E-state index contributed by atoms with van der Waals surface area (Å²) < 4.78 is 10.0. The summed E-state index contributed by atoms with van der Waals surface area (Å²) in [6.07, 6.45) is -1.98. The van der Waals surface area contributed by atoms with Crippen molar-refractivity contribution in [2.75, 3.05) is 20.7 Å². The van der Waals surface area contributed by atoms with Crippen molar-refractivity contribution in [2.45, 2.75) is 19.1 Å².